The van der Waals surface area contributed by atoms with Gasteiger partial charge in [-0.25, -0.2) is 0 Å². The second kappa shape index (κ2) is 9.16. The van der Waals surface area contributed by atoms with E-state index < -0.39 is 0 Å². The van der Waals surface area contributed by atoms with E-state index in [9.17, 15) is 9.59 Å². The van der Waals surface area contributed by atoms with E-state index >= 15 is 0 Å². The van der Waals surface area contributed by atoms with Crippen molar-refractivity contribution in [2.45, 2.75) is 46.1 Å². The van der Waals surface area contributed by atoms with E-state index in [2.05, 4.69) is 10.6 Å². The minimum atomic E-state index is -0.390. The van der Waals surface area contributed by atoms with E-state index in [0.29, 0.717) is 25.4 Å². The van der Waals surface area contributed by atoms with Crippen molar-refractivity contribution in [3.8, 4) is 0 Å². The van der Waals surface area contributed by atoms with Crippen molar-refractivity contribution in [3.63, 3.8) is 0 Å². The first-order chi connectivity index (χ1) is 7.76. The Hall–Kier alpha value is -0.810. The summed E-state index contributed by atoms with van der Waals surface area (Å²) in [6.45, 7) is 8.45. The number of rotatable bonds is 7. The molecule has 4 N–H and O–H groups in total. The fourth-order valence-corrected chi connectivity index (χ4v) is 1.25. The highest BCUT2D eigenvalue weighted by Gasteiger charge is 2.17. The summed E-state index contributed by atoms with van der Waals surface area (Å²) in [7, 11) is 0. The standard InChI is InChI=1S/C12H25N3O2.ClH/c1-9(2)7-11(17)14-6-5-10(16)15-12(3,4)8-13;/h9H,5-8,13H2,1-4H3,(H,14,17)(H,15,16);1H. The highest BCUT2D eigenvalue weighted by Crippen LogP contribution is 1.99. The molecule has 0 aromatic rings. The number of hydrogen-bond acceptors (Lipinski definition) is 3. The zero-order valence-corrected chi connectivity index (χ0v) is 12.5. The molecule has 0 atom stereocenters. The van der Waals surface area contributed by atoms with Crippen LogP contribution in [0.15, 0.2) is 0 Å². The number of halogens is 1. The van der Waals surface area contributed by atoms with Crippen LogP contribution in [0.2, 0.25) is 0 Å². The molecule has 2 amide bonds. The van der Waals surface area contributed by atoms with Gasteiger partial charge in [0, 0.05) is 31.5 Å². The average Bonchev–Trinajstić information content (AvgIpc) is 2.15. The summed E-state index contributed by atoms with van der Waals surface area (Å²) >= 11 is 0. The zero-order chi connectivity index (χ0) is 13.5. The molecule has 0 fully saturated rings. The van der Waals surface area contributed by atoms with Gasteiger partial charge in [0.25, 0.3) is 0 Å². The molecule has 0 bridgehead atoms. The highest BCUT2D eigenvalue weighted by atomic mass is 35.5. The largest absolute Gasteiger partial charge is 0.356 e. The van der Waals surface area contributed by atoms with Crippen LogP contribution in [0.3, 0.4) is 0 Å². The van der Waals surface area contributed by atoms with Gasteiger partial charge >= 0.3 is 0 Å². The molecule has 0 saturated heterocycles. The van der Waals surface area contributed by atoms with Gasteiger partial charge in [-0.1, -0.05) is 13.8 Å². The lowest BCUT2D eigenvalue weighted by Crippen LogP contribution is -2.49. The lowest BCUT2D eigenvalue weighted by Gasteiger charge is -2.24. The predicted octanol–water partition coefficient (Wildman–Crippen LogP) is 0.814. The Morgan fingerprint density at radius 2 is 1.78 bits per heavy atom. The second-order valence-electron chi connectivity index (χ2n) is 5.33. The number of amides is 2. The number of carbonyl (C=O) groups excluding carboxylic acids is 2. The third-order valence-electron chi connectivity index (χ3n) is 2.26. The summed E-state index contributed by atoms with van der Waals surface area (Å²) in [5.41, 5.74) is 5.11. The molecule has 0 rings (SSSR count). The van der Waals surface area contributed by atoms with Gasteiger partial charge in [0.05, 0.1) is 0 Å². The van der Waals surface area contributed by atoms with E-state index in [-0.39, 0.29) is 36.2 Å². The number of nitrogens with two attached hydrogens (primary N) is 1. The molecule has 108 valence electrons. The molecule has 0 aromatic carbocycles. The van der Waals surface area contributed by atoms with Crippen molar-refractivity contribution in [3.05, 3.63) is 0 Å². The maximum absolute atomic E-state index is 11.5. The van der Waals surface area contributed by atoms with Gasteiger partial charge in [-0.2, -0.15) is 0 Å². The Labute approximate surface area is 116 Å². The van der Waals surface area contributed by atoms with E-state index in [0.717, 1.165) is 0 Å². The van der Waals surface area contributed by atoms with E-state index in [1.165, 1.54) is 0 Å². The zero-order valence-electron chi connectivity index (χ0n) is 11.7. The Morgan fingerprint density at radius 3 is 2.22 bits per heavy atom. The minimum absolute atomic E-state index is 0. The fourth-order valence-electron chi connectivity index (χ4n) is 1.25. The Morgan fingerprint density at radius 1 is 1.22 bits per heavy atom. The Kier molecular flexibility index (Phi) is 9.94. The number of nitrogens with one attached hydrogen (secondary N) is 2. The van der Waals surface area contributed by atoms with Gasteiger partial charge in [0.15, 0.2) is 0 Å². The van der Waals surface area contributed by atoms with Gasteiger partial charge in [-0.05, 0) is 19.8 Å². The minimum Gasteiger partial charge on any atom is -0.356 e. The van der Waals surface area contributed by atoms with Crippen LogP contribution in [0.5, 0.6) is 0 Å². The topological polar surface area (TPSA) is 84.2 Å². The van der Waals surface area contributed by atoms with Crippen molar-refractivity contribution < 1.29 is 9.59 Å². The first-order valence-corrected chi connectivity index (χ1v) is 6.04. The van der Waals surface area contributed by atoms with Crippen molar-refractivity contribution in [2.75, 3.05) is 13.1 Å². The van der Waals surface area contributed by atoms with Crippen molar-refractivity contribution in [1.29, 1.82) is 0 Å². The third kappa shape index (κ3) is 10.4. The van der Waals surface area contributed by atoms with Crippen molar-refractivity contribution in [1.82, 2.24) is 10.6 Å². The quantitative estimate of drug-likeness (QED) is 0.645. The van der Waals surface area contributed by atoms with Crippen LogP contribution in [0.1, 0.15) is 40.5 Å². The smallest absolute Gasteiger partial charge is 0.222 e. The molecule has 0 unspecified atom stereocenters. The Balaban J connectivity index is 0. The van der Waals surface area contributed by atoms with Crippen LogP contribution in [-0.2, 0) is 9.59 Å². The summed E-state index contributed by atoms with van der Waals surface area (Å²) < 4.78 is 0. The van der Waals surface area contributed by atoms with Crippen LogP contribution in [0, 0.1) is 5.92 Å². The van der Waals surface area contributed by atoms with Crippen LogP contribution >= 0.6 is 12.4 Å². The molecule has 0 aromatic heterocycles. The predicted molar refractivity (Wildman–Crippen MR) is 75.6 cm³/mol. The first kappa shape index (κ1) is 19.5. The molecule has 0 aliphatic carbocycles. The molecule has 0 radical (unpaired) electrons. The Bertz CT molecular complexity index is 268. The third-order valence-corrected chi connectivity index (χ3v) is 2.26. The number of carbonyl (C=O) groups is 2. The lowest BCUT2D eigenvalue weighted by molar-refractivity contribution is -0.123. The molecule has 0 spiro atoms. The highest BCUT2D eigenvalue weighted by molar-refractivity contribution is 5.85. The second-order valence-corrected chi connectivity index (χ2v) is 5.33. The maximum atomic E-state index is 11.5. The molecular formula is C12H26ClN3O2. The summed E-state index contributed by atoms with van der Waals surface area (Å²) in [5, 5.41) is 5.52. The van der Waals surface area contributed by atoms with Gasteiger partial charge in [-0.15, -0.1) is 12.4 Å². The number of hydrogen-bond donors (Lipinski definition) is 3. The van der Waals surface area contributed by atoms with Gasteiger partial charge in [0.2, 0.25) is 11.8 Å². The van der Waals surface area contributed by atoms with Gasteiger partial charge in [0.1, 0.15) is 0 Å². The molecule has 6 heteroatoms. The van der Waals surface area contributed by atoms with E-state index in [4.69, 9.17) is 5.73 Å². The molecule has 5 nitrogen and oxygen atoms in total. The average molecular weight is 280 g/mol. The molecule has 0 saturated carbocycles. The van der Waals surface area contributed by atoms with Gasteiger partial charge < -0.3 is 16.4 Å². The fraction of sp³-hybridized carbons (Fsp3) is 0.833. The maximum Gasteiger partial charge on any atom is 0.222 e. The van der Waals surface area contributed by atoms with Crippen molar-refractivity contribution >= 4 is 24.2 Å². The summed E-state index contributed by atoms with van der Waals surface area (Å²) in [6, 6.07) is 0. The molecule has 0 heterocycles. The molecule has 0 aliphatic rings. The monoisotopic (exact) mass is 279 g/mol. The van der Waals surface area contributed by atoms with E-state index in [1.807, 2.05) is 27.7 Å². The van der Waals surface area contributed by atoms with Gasteiger partial charge in [-0.3, -0.25) is 9.59 Å². The summed E-state index contributed by atoms with van der Waals surface area (Å²) in [6.07, 6.45) is 0.781. The lowest BCUT2D eigenvalue weighted by atomic mass is 10.1. The molecule has 0 aliphatic heterocycles. The molecule has 18 heavy (non-hydrogen) atoms. The van der Waals surface area contributed by atoms with Crippen molar-refractivity contribution in [2.24, 2.45) is 11.7 Å². The van der Waals surface area contributed by atoms with E-state index in [1.54, 1.807) is 0 Å². The summed E-state index contributed by atoms with van der Waals surface area (Å²) in [4.78, 5) is 22.8. The van der Waals surface area contributed by atoms with Crippen LogP contribution < -0.4 is 16.4 Å². The SMILES string of the molecule is CC(C)CC(=O)NCCC(=O)NC(C)(C)CN.Cl. The first-order valence-electron chi connectivity index (χ1n) is 6.04. The van der Waals surface area contributed by atoms with Crippen LogP contribution in [0.4, 0.5) is 0 Å². The van der Waals surface area contributed by atoms with Crippen LogP contribution in [0.25, 0.3) is 0 Å². The molecular weight excluding hydrogens is 254 g/mol. The normalized spacial score (nSPS) is 10.8. The summed E-state index contributed by atoms with van der Waals surface area (Å²) in [5.74, 6) is 0.233. The van der Waals surface area contributed by atoms with Crippen LogP contribution in [-0.4, -0.2) is 30.4 Å².